The Balaban J connectivity index is 1.68. The van der Waals surface area contributed by atoms with E-state index in [1.807, 2.05) is 30.3 Å². The highest BCUT2D eigenvalue weighted by Gasteiger charge is 2.14. The number of benzene rings is 3. The van der Waals surface area contributed by atoms with Gasteiger partial charge in [0.25, 0.3) is 10.0 Å². The van der Waals surface area contributed by atoms with Gasteiger partial charge in [-0.3, -0.25) is 4.72 Å². The average molecular weight is 429 g/mol. The van der Waals surface area contributed by atoms with Crippen LogP contribution in [0.1, 0.15) is 0 Å². The maximum absolute atomic E-state index is 12.5. The average Bonchev–Trinajstić information content (AvgIpc) is 2.68. The van der Waals surface area contributed by atoms with Crippen molar-refractivity contribution in [2.24, 2.45) is 10.2 Å². The molecule has 0 saturated carbocycles. The van der Waals surface area contributed by atoms with Crippen LogP contribution in [-0.4, -0.2) is 12.7 Å². The van der Waals surface area contributed by atoms with Crippen molar-refractivity contribution < 1.29 is 8.42 Å². The van der Waals surface area contributed by atoms with Gasteiger partial charge in [-0.05, 0) is 60.7 Å². The molecule has 0 fully saturated rings. The van der Waals surface area contributed by atoms with Crippen molar-refractivity contribution >= 4 is 61.9 Å². The number of sulfonamides is 1. The van der Waals surface area contributed by atoms with Crippen molar-refractivity contribution in [3.8, 4) is 0 Å². The van der Waals surface area contributed by atoms with Gasteiger partial charge in [-0.1, -0.05) is 30.4 Å². The molecule has 2 N–H and O–H groups in total. The molecule has 0 bridgehead atoms. The van der Waals surface area contributed by atoms with Crippen LogP contribution < -0.4 is 10.0 Å². The third kappa shape index (κ3) is 5.62. The lowest BCUT2D eigenvalue weighted by Crippen LogP contribution is -2.13. The molecule has 6 nitrogen and oxygen atoms in total. The summed E-state index contributed by atoms with van der Waals surface area (Å²) in [6, 6.07) is 22.2. The molecule has 3 rings (SSSR count). The Labute approximate surface area is 174 Å². The summed E-state index contributed by atoms with van der Waals surface area (Å²) in [5, 5.41) is 11.1. The normalized spacial score (nSPS) is 11.3. The fourth-order valence-electron chi connectivity index (χ4n) is 2.26. The molecular formula is C19H16N4O2S3. The van der Waals surface area contributed by atoms with Gasteiger partial charge in [-0.15, -0.1) is 12.6 Å². The quantitative estimate of drug-likeness (QED) is 0.274. The van der Waals surface area contributed by atoms with Crippen LogP contribution in [-0.2, 0) is 10.0 Å². The number of azo groups is 1. The van der Waals surface area contributed by atoms with Gasteiger partial charge in [0.2, 0.25) is 0 Å². The first kappa shape index (κ1) is 20.0. The third-order valence-corrected chi connectivity index (χ3v) is 5.18. The van der Waals surface area contributed by atoms with Gasteiger partial charge in [0.15, 0.2) is 0 Å². The monoisotopic (exact) mass is 428 g/mol. The summed E-state index contributed by atoms with van der Waals surface area (Å²) in [7, 11) is -3.71. The van der Waals surface area contributed by atoms with Crippen molar-refractivity contribution in [1.82, 2.24) is 0 Å². The van der Waals surface area contributed by atoms with E-state index in [0.29, 0.717) is 21.4 Å². The molecule has 0 aromatic heterocycles. The highest BCUT2D eigenvalue weighted by atomic mass is 32.2. The van der Waals surface area contributed by atoms with Crippen molar-refractivity contribution in [1.29, 1.82) is 0 Å². The van der Waals surface area contributed by atoms with E-state index in [9.17, 15) is 8.42 Å². The maximum Gasteiger partial charge on any atom is 0.261 e. The van der Waals surface area contributed by atoms with Gasteiger partial charge in [0.05, 0.1) is 16.3 Å². The lowest BCUT2D eigenvalue weighted by Gasteiger charge is -2.09. The van der Waals surface area contributed by atoms with E-state index in [-0.39, 0.29) is 4.90 Å². The van der Waals surface area contributed by atoms with E-state index in [1.54, 1.807) is 36.4 Å². The standard InChI is InChI=1S/C19H16N4O2S3/c24-28(25,18-12-10-14(11-13-18)20-19(26)27)23-17-8-6-16(7-9-17)22-21-15-4-2-1-3-5-15/h1-13,23H,(H2,20,26,27). The van der Waals surface area contributed by atoms with Crippen LogP contribution in [0.3, 0.4) is 0 Å². The number of anilines is 2. The summed E-state index contributed by atoms with van der Waals surface area (Å²) in [5.74, 6) is 0. The van der Waals surface area contributed by atoms with Crippen LogP contribution >= 0.6 is 24.8 Å². The minimum Gasteiger partial charge on any atom is -0.341 e. The molecule has 0 atom stereocenters. The zero-order chi connectivity index (χ0) is 20.0. The summed E-state index contributed by atoms with van der Waals surface area (Å²) in [6.07, 6.45) is 0. The smallest absolute Gasteiger partial charge is 0.261 e. The number of nitrogens with zero attached hydrogens (tertiary/aromatic N) is 2. The highest BCUT2D eigenvalue weighted by molar-refractivity contribution is 8.11. The molecule has 0 amide bonds. The molecular weight excluding hydrogens is 412 g/mol. The Morgan fingerprint density at radius 1 is 0.786 bits per heavy atom. The number of thiol groups is 1. The maximum atomic E-state index is 12.5. The molecule has 142 valence electrons. The first-order valence-corrected chi connectivity index (χ1v) is 10.5. The molecule has 9 heteroatoms. The number of thiocarbonyl (C=S) groups is 1. The number of hydrogen-bond donors (Lipinski definition) is 3. The van der Waals surface area contributed by atoms with Crippen LogP contribution in [0.5, 0.6) is 0 Å². The predicted octanol–water partition coefficient (Wildman–Crippen LogP) is 5.53. The Bertz CT molecular complexity index is 1080. The minimum atomic E-state index is -3.71. The second-order valence-corrected chi connectivity index (χ2v) is 8.48. The molecule has 0 heterocycles. The van der Waals surface area contributed by atoms with Gasteiger partial charge < -0.3 is 5.32 Å². The lowest BCUT2D eigenvalue weighted by atomic mass is 10.3. The first-order valence-electron chi connectivity index (χ1n) is 8.12. The number of hydrogen-bond acceptors (Lipinski definition) is 5. The molecule has 0 spiro atoms. The van der Waals surface area contributed by atoms with Crippen LogP contribution in [0.4, 0.5) is 22.7 Å². The second kappa shape index (κ2) is 8.96. The van der Waals surface area contributed by atoms with Crippen LogP contribution in [0.25, 0.3) is 0 Å². The Morgan fingerprint density at radius 2 is 1.32 bits per heavy atom. The molecule has 0 radical (unpaired) electrons. The van der Waals surface area contributed by atoms with Crippen molar-refractivity contribution in [3.63, 3.8) is 0 Å². The third-order valence-electron chi connectivity index (χ3n) is 3.57. The second-order valence-electron chi connectivity index (χ2n) is 5.64. The van der Waals surface area contributed by atoms with Gasteiger partial charge in [0.1, 0.15) is 4.32 Å². The molecule has 0 saturated heterocycles. The van der Waals surface area contributed by atoms with E-state index in [0.717, 1.165) is 5.69 Å². The van der Waals surface area contributed by atoms with E-state index in [4.69, 9.17) is 12.2 Å². The lowest BCUT2D eigenvalue weighted by molar-refractivity contribution is 0.601. The molecule has 3 aromatic carbocycles. The predicted molar refractivity (Wildman–Crippen MR) is 120 cm³/mol. The van der Waals surface area contributed by atoms with Crippen molar-refractivity contribution in [2.75, 3.05) is 10.0 Å². The summed E-state index contributed by atoms with van der Waals surface area (Å²) in [4.78, 5) is 0.135. The molecule has 3 aromatic rings. The topological polar surface area (TPSA) is 82.9 Å². The van der Waals surface area contributed by atoms with Gasteiger partial charge in [-0.25, -0.2) is 8.42 Å². The Kier molecular flexibility index (Phi) is 6.40. The molecule has 0 aliphatic carbocycles. The number of nitrogens with one attached hydrogen (secondary N) is 2. The number of rotatable bonds is 6. The first-order chi connectivity index (χ1) is 13.4. The minimum absolute atomic E-state index is 0.135. The summed E-state index contributed by atoms with van der Waals surface area (Å²) >= 11 is 8.81. The van der Waals surface area contributed by atoms with Crippen molar-refractivity contribution in [3.05, 3.63) is 78.9 Å². The summed E-state index contributed by atoms with van der Waals surface area (Å²) in [6.45, 7) is 0. The zero-order valence-corrected chi connectivity index (χ0v) is 17.0. The fraction of sp³-hybridized carbons (Fsp3) is 0. The highest BCUT2D eigenvalue weighted by Crippen LogP contribution is 2.22. The van der Waals surface area contributed by atoms with E-state index in [1.165, 1.54) is 12.1 Å². The van der Waals surface area contributed by atoms with Gasteiger partial charge in [-0.2, -0.15) is 10.2 Å². The van der Waals surface area contributed by atoms with Gasteiger partial charge in [0, 0.05) is 11.4 Å². The molecule has 0 aliphatic heterocycles. The largest absolute Gasteiger partial charge is 0.341 e. The Hall–Kier alpha value is -2.75. The zero-order valence-electron chi connectivity index (χ0n) is 14.5. The van der Waals surface area contributed by atoms with E-state index < -0.39 is 10.0 Å². The molecule has 0 aliphatic rings. The van der Waals surface area contributed by atoms with Crippen LogP contribution in [0.2, 0.25) is 0 Å². The summed E-state index contributed by atoms with van der Waals surface area (Å²) < 4.78 is 27.9. The van der Waals surface area contributed by atoms with Crippen LogP contribution in [0.15, 0.2) is 94.0 Å². The van der Waals surface area contributed by atoms with Gasteiger partial charge >= 0.3 is 0 Å². The molecule has 0 unspecified atom stereocenters. The van der Waals surface area contributed by atoms with E-state index in [2.05, 4.69) is 32.9 Å². The SMILES string of the molecule is O=S(=O)(Nc1ccc(N=Nc2ccccc2)cc1)c1ccc(NC(=S)S)cc1. The van der Waals surface area contributed by atoms with Crippen molar-refractivity contribution in [2.45, 2.75) is 4.90 Å². The summed E-state index contributed by atoms with van der Waals surface area (Å²) in [5.41, 5.74) is 2.44. The Morgan fingerprint density at radius 3 is 1.89 bits per heavy atom. The van der Waals surface area contributed by atoms with E-state index >= 15 is 0 Å². The molecule has 28 heavy (non-hydrogen) atoms. The van der Waals surface area contributed by atoms with Crippen LogP contribution in [0, 0.1) is 0 Å². The fourth-order valence-corrected chi connectivity index (χ4v) is 3.57.